The normalized spacial score (nSPS) is 10.7. The second-order valence-corrected chi connectivity index (χ2v) is 4.35. The number of hydrogen-bond donors (Lipinski definition) is 3. The minimum atomic E-state index is -0.0633. The first kappa shape index (κ1) is 11.4. The van der Waals surface area contributed by atoms with E-state index in [0.29, 0.717) is 5.56 Å². The summed E-state index contributed by atoms with van der Waals surface area (Å²) in [5.74, 6) is -0.103. The summed E-state index contributed by atoms with van der Waals surface area (Å²) in [6, 6.07) is 15.4. The summed E-state index contributed by atoms with van der Waals surface area (Å²) >= 11 is 0. The topological polar surface area (TPSA) is 60.7 Å². The lowest BCUT2D eigenvalue weighted by Crippen LogP contribution is -1.85. The molecule has 0 spiro atoms. The molecule has 94 valence electrons. The number of phenolic OH excluding ortho intramolecular Hbond substituents is 3. The lowest BCUT2D eigenvalue weighted by atomic mass is 9.96. The van der Waals surface area contributed by atoms with Crippen molar-refractivity contribution in [2.75, 3.05) is 0 Å². The molecule has 0 aliphatic heterocycles. The zero-order chi connectivity index (χ0) is 13.4. The van der Waals surface area contributed by atoms with E-state index >= 15 is 0 Å². The van der Waals surface area contributed by atoms with E-state index in [2.05, 4.69) is 0 Å². The Labute approximate surface area is 110 Å². The maximum absolute atomic E-state index is 10.1. The standard InChI is InChI=1S/C16H12O3/c17-12-6-3-7-13(18)16(12)15-11-5-2-1-4-10(11)8-9-14(15)19/h1-9,17-19H. The van der Waals surface area contributed by atoms with Gasteiger partial charge in [-0.1, -0.05) is 36.4 Å². The second kappa shape index (κ2) is 4.21. The summed E-state index contributed by atoms with van der Waals surface area (Å²) in [4.78, 5) is 0. The van der Waals surface area contributed by atoms with Gasteiger partial charge in [0, 0.05) is 5.56 Å². The number of benzene rings is 3. The first-order chi connectivity index (χ1) is 9.18. The molecule has 0 bridgehead atoms. The summed E-state index contributed by atoms with van der Waals surface area (Å²) < 4.78 is 0. The largest absolute Gasteiger partial charge is 0.507 e. The van der Waals surface area contributed by atoms with Crippen LogP contribution in [0.5, 0.6) is 17.2 Å². The third-order valence-corrected chi connectivity index (χ3v) is 3.18. The molecule has 3 rings (SSSR count). The molecule has 0 atom stereocenters. The quantitative estimate of drug-likeness (QED) is 0.619. The third kappa shape index (κ3) is 1.76. The summed E-state index contributed by atoms with van der Waals surface area (Å²) in [6.07, 6.45) is 0. The van der Waals surface area contributed by atoms with Gasteiger partial charge in [0.1, 0.15) is 17.2 Å². The summed E-state index contributed by atoms with van der Waals surface area (Å²) in [7, 11) is 0. The molecule has 0 amide bonds. The highest BCUT2D eigenvalue weighted by Crippen LogP contribution is 2.44. The van der Waals surface area contributed by atoms with E-state index in [1.165, 1.54) is 12.1 Å². The number of rotatable bonds is 1. The molecule has 3 N–H and O–H groups in total. The fourth-order valence-electron chi connectivity index (χ4n) is 2.31. The van der Waals surface area contributed by atoms with Crippen molar-refractivity contribution < 1.29 is 15.3 Å². The van der Waals surface area contributed by atoms with Crippen LogP contribution in [0.2, 0.25) is 0 Å². The molecular weight excluding hydrogens is 240 g/mol. The average molecular weight is 252 g/mol. The molecule has 3 aromatic rings. The highest BCUT2D eigenvalue weighted by molar-refractivity contribution is 6.02. The van der Waals surface area contributed by atoms with Crippen LogP contribution >= 0.6 is 0 Å². The van der Waals surface area contributed by atoms with Crippen molar-refractivity contribution in [3.8, 4) is 28.4 Å². The second-order valence-electron chi connectivity index (χ2n) is 4.35. The van der Waals surface area contributed by atoms with Gasteiger partial charge in [-0.2, -0.15) is 0 Å². The van der Waals surface area contributed by atoms with E-state index in [1.807, 2.05) is 24.3 Å². The number of aromatic hydroxyl groups is 3. The van der Waals surface area contributed by atoms with Gasteiger partial charge in [0.25, 0.3) is 0 Å². The number of fused-ring (bicyclic) bond motifs is 1. The Hall–Kier alpha value is -2.68. The molecule has 0 saturated carbocycles. The zero-order valence-corrected chi connectivity index (χ0v) is 10.0. The minimum Gasteiger partial charge on any atom is -0.507 e. The van der Waals surface area contributed by atoms with Crippen LogP contribution in [-0.4, -0.2) is 15.3 Å². The first-order valence-corrected chi connectivity index (χ1v) is 5.90. The van der Waals surface area contributed by atoms with Crippen molar-refractivity contribution in [3.63, 3.8) is 0 Å². The maximum atomic E-state index is 10.1. The molecule has 3 nitrogen and oxygen atoms in total. The van der Waals surface area contributed by atoms with E-state index < -0.39 is 0 Å². The summed E-state index contributed by atoms with van der Waals surface area (Å²) in [5.41, 5.74) is 0.686. The Kier molecular flexibility index (Phi) is 2.53. The first-order valence-electron chi connectivity index (χ1n) is 5.90. The molecule has 0 heterocycles. The maximum Gasteiger partial charge on any atom is 0.127 e. The van der Waals surface area contributed by atoms with Gasteiger partial charge in [-0.3, -0.25) is 0 Å². The van der Waals surface area contributed by atoms with Crippen molar-refractivity contribution >= 4 is 10.8 Å². The molecule has 0 aromatic heterocycles. The van der Waals surface area contributed by atoms with Crippen LogP contribution in [0.25, 0.3) is 21.9 Å². The van der Waals surface area contributed by atoms with Gasteiger partial charge >= 0.3 is 0 Å². The molecule has 0 radical (unpaired) electrons. The highest BCUT2D eigenvalue weighted by atomic mass is 16.3. The zero-order valence-electron chi connectivity index (χ0n) is 10.0. The lowest BCUT2D eigenvalue weighted by Gasteiger charge is -2.12. The van der Waals surface area contributed by atoms with E-state index in [0.717, 1.165) is 10.8 Å². The third-order valence-electron chi connectivity index (χ3n) is 3.18. The summed E-state index contributed by atoms with van der Waals surface area (Å²) in [5, 5.41) is 31.7. The Bertz CT molecular complexity index is 743. The monoisotopic (exact) mass is 252 g/mol. The number of phenols is 3. The Morgan fingerprint density at radius 2 is 1.16 bits per heavy atom. The molecule has 0 aliphatic rings. The van der Waals surface area contributed by atoms with Gasteiger partial charge in [-0.25, -0.2) is 0 Å². The highest BCUT2D eigenvalue weighted by Gasteiger charge is 2.16. The predicted molar refractivity (Wildman–Crippen MR) is 74.4 cm³/mol. The van der Waals surface area contributed by atoms with E-state index in [4.69, 9.17) is 0 Å². The van der Waals surface area contributed by atoms with Gasteiger partial charge < -0.3 is 15.3 Å². The number of hydrogen-bond acceptors (Lipinski definition) is 3. The van der Waals surface area contributed by atoms with E-state index in [-0.39, 0.29) is 22.8 Å². The Balaban J connectivity index is 2.46. The lowest BCUT2D eigenvalue weighted by molar-refractivity contribution is 0.450. The molecular formula is C16H12O3. The van der Waals surface area contributed by atoms with Crippen LogP contribution in [0.4, 0.5) is 0 Å². The van der Waals surface area contributed by atoms with Crippen LogP contribution < -0.4 is 0 Å². The van der Waals surface area contributed by atoms with Gasteiger partial charge in [-0.15, -0.1) is 0 Å². The summed E-state index contributed by atoms with van der Waals surface area (Å²) in [6.45, 7) is 0. The van der Waals surface area contributed by atoms with Crippen LogP contribution in [0.3, 0.4) is 0 Å². The van der Waals surface area contributed by atoms with Crippen LogP contribution in [0.1, 0.15) is 0 Å². The van der Waals surface area contributed by atoms with E-state index in [9.17, 15) is 15.3 Å². The van der Waals surface area contributed by atoms with Crippen LogP contribution in [0.15, 0.2) is 54.6 Å². The van der Waals surface area contributed by atoms with E-state index in [1.54, 1.807) is 18.2 Å². The van der Waals surface area contributed by atoms with Crippen molar-refractivity contribution in [2.24, 2.45) is 0 Å². The molecule has 0 saturated heterocycles. The smallest absolute Gasteiger partial charge is 0.127 e. The molecule has 19 heavy (non-hydrogen) atoms. The minimum absolute atomic E-state index is 0.0236. The SMILES string of the molecule is Oc1cccc(O)c1-c1c(O)ccc2ccccc12. The fourth-order valence-corrected chi connectivity index (χ4v) is 2.31. The molecule has 0 fully saturated rings. The van der Waals surface area contributed by atoms with Gasteiger partial charge in [0.2, 0.25) is 0 Å². The van der Waals surface area contributed by atoms with Crippen molar-refractivity contribution in [1.29, 1.82) is 0 Å². The fraction of sp³-hybridized carbons (Fsp3) is 0. The van der Waals surface area contributed by atoms with Gasteiger partial charge in [0.05, 0.1) is 5.56 Å². The van der Waals surface area contributed by atoms with Gasteiger partial charge in [-0.05, 0) is 29.0 Å². The van der Waals surface area contributed by atoms with Crippen molar-refractivity contribution in [1.82, 2.24) is 0 Å². The Morgan fingerprint density at radius 3 is 1.89 bits per heavy atom. The van der Waals surface area contributed by atoms with Crippen LogP contribution in [-0.2, 0) is 0 Å². The molecule has 3 heteroatoms. The van der Waals surface area contributed by atoms with Crippen LogP contribution in [0, 0.1) is 0 Å². The average Bonchev–Trinajstić information content (AvgIpc) is 2.41. The predicted octanol–water partition coefficient (Wildman–Crippen LogP) is 3.62. The van der Waals surface area contributed by atoms with Crippen molar-refractivity contribution in [3.05, 3.63) is 54.6 Å². The molecule has 0 aliphatic carbocycles. The van der Waals surface area contributed by atoms with Crippen molar-refractivity contribution in [2.45, 2.75) is 0 Å². The Morgan fingerprint density at radius 1 is 0.526 bits per heavy atom. The molecule has 3 aromatic carbocycles. The molecule has 0 unspecified atom stereocenters. The van der Waals surface area contributed by atoms with Gasteiger partial charge in [0.15, 0.2) is 0 Å².